The zero-order chi connectivity index (χ0) is 14.8. The van der Waals surface area contributed by atoms with Gasteiger partial charge in [-0.2, -0.15) is 0 Å². The van der Waals surface area contributed by atoms with Crippen molar-refractivity contribution in [1.82, 2.24) is 10.2 Å². The van der Waals surface area contributed by atoms with E-state index in [9.17, 15) is 9.90 Å². The Morgan fingerprint density at radius 1 is 1.40 bits per heavy atom. The molecule has 2 N–H and O–H groups in total. The molecule has 20 heavy (non-hydrogen) atoms. The van der Waals surface area contributed by atoms with Gasteiger partial charge in [-0.3, -0.25) is 9.69 Å². The van der Waals surface area contributed by atoms with Crippen molar-refractivity contribution in [1.29, 1.82) is 0 Å². The van der Waals surface area contributed by atoms with Gasteiger partial charge in [0.2, 0.25) is 5.91 Å². The van der Waals surface area contributed by atoms with Gasteiger partial charge in [0.15, 0.2) is 0 Å². The number of aliphatic hydroxyl groups excluding tert-OH is 1. The summed E-state index contributed by atoms with van der Waals surface area (Å²) in [6, 6.07) is 0.447. The van der Waals surface area contributed by atoms with Crippen molar-refractivity contribution in [2.75, 3.05) is 33.4 Å². The van der Waals surface area contributed by atoms with Crippen molar-refractivity contribution >= 4 is 5.91 Å². The van der Waals surface area contributed by atoms with Gasteiger partial charge in [0.25, 0.3) is 0 Å². The van der Waals surface area contributed by atoms with Crippen LogP contribution in [0.2, 0.25) is 0 Å². The van der Waals surface area contributed by atoms with E-state index in [0.717, 1.165) is 19.3 Å². The summed E-state index contributed by atoms with van der Waals surface area (Å²) in [7, 11) is 1.66. The zero-order valence-corrected chi connectivity index (χ0v) is 12.9. The van der Waals surface area contributed by atoms with Crippen molar-refractivity contribution < 1.29 is 14.6 Å². The van der Waals surface area contributed by atoms with Crippen molar-refractivity contribution in [3.63, 3.8) is 0 Å². The summed E-state index contributed by atoms with van der Waals surface area (Å²) in [5.41, 5.74) is 0. The number of hydrogen-bond acceptors (Lipinski definition) is 4. The van der Waals surface area contributed by atoms with Crippen LogP contribution in [0.15, 0.2) is 0 Å². The quantitative estimate of drug-likeness (QED) is 0.624. The first-order valence-corrected chi connectivity index (χ1v) is 7.81. The topological polar surface area (TPSA) is 61.8 Å². The molecule has 0 bridgehead atoms. The van der Waals surface area contributed by atoms with Gasteiger partial charge in [0.1, 0.15) is 0 Å². The molecule has 1 saturated carbocycles. The van der Waals surface area contributed by atoms with E-state index < -0.39 is 6.10 Å². The number of carbonyl (C=O) groups excluding carboxylic acids is 1. The molecule has 0 aromatic heterocycles. The number of amides is 1. The van der Waals surface area contributed by atoms with Crippen molar-refractivity contribution in [2.45, 2.75) is 57.6 Å². The normalized spacial score (nSPS) is 18.2. The number of nitrogens with zero attached hydrogens (tertiary/aromatic N) is 1. The fourth-order valence-corrected chi connectivity index (χ4v) is 2.81. The Morgan fingerprint density at radius 2 is 2.10 bits per heavy atom. The number of carbonyl (C=O) groups is 1. The molecule has 5 nitrogen and oxygen atoms in total. The third-order valence-corrected chi connectivity index (χ3v) is 3.78. The largest absolute Gasteiger partial charge is 0.392 e. The molecule has 0 aromatic rings. The second kappa shape index (κ2) is 10.1. The second-order valence-corrected chi connectivity index (χ2v) is 5.77. The Balaban J connectivity index is 2.36. The fraction of sp³-hybridized carbons (Fsp3) is 0.933. The van der Waals surface area contributed by atoms with Crippen LogP contribution in [0, 0.1) is 0 Å². The Bertz CT molecular complexity index is 266. The summed E-state index contributed by atoms with van der Waals surface area (Å²) in [6.45, 7) is 4.07. The minimum absolute atomic E-state index is 0.0485. The molecule has 5 heteroatoms. The maximum absolute atomic E-state index is 12.0. The van der Waals surface area contributed by atoms with Crippen LogP contribution in [0.4, 0.5) is 0 Å². The highest BCUT2D eigenvalue weighted by Gasteiger charge is 2.23. The van der Waals surface area contributed by atoms with E-state index in [0.29, 0.717) is 32.3 Å². The van der Waals surface area contributed by atoms with Crippen molar-refractivity contribution in [3.05, 3.63) is 0 Å². The molecular weight excluding hydrogens is 256 g/mol. The number of hydrogen-bond donors (Lipinski definition) is 2. The third kappa shape index (κ3) is 7.22. The zero-order valence-electron chi connectivity index (χ0n) is 12.9. The molecule has 0 saturated heterocycles. The molecule has 0 spiro atoms. The third-order valence-electron chi connectivity index (χ3n) is 3.78. The van der Waals surface area contributed by atoms with E-state index in [1.807, 2.05) is 0 Å². The van der Waals surface area contributed by atoms with Crippen LogP contribution in [-0.4, -0.2) is 61.4 Å². The van der Waals surface area contributed by atoms with E-state index in [-0.39, 0.29) is 5.91 Å². The molecule has 1 amide bonds. The Hall–Kier alpha value is -0.650. The molecule has 0 aliphatic heterocycles. The minimum Gasteiger partial charge on any atom is -0.392 e. The highest BCUT2D eigenvalue weighted by molar-refractivity contribution is 5.78. The average Bonchev–Trinajstić information content (AvgIpc) is 2.43. The predicted octanol–water partition coefficient (Wildman–Crippen LogP) is 1.15. The van der Waals surface area contributed by atoms with E-state index in [2.05, 4.69) is 10.2 Å². The molecular formula is C15H30N2O3. The average molecular weight is 286 g/mol. The van der Waals surface area contributed by atoms with E-state index in [4.69, 9.17) is 4.74 Å². The van der Waals surface area contributed by atoms with Crippen LogP contribution in [-0.2, 0) is 9.53 Å². The van der Waals surface area contributed by atoms with Crippen LogP contribution >= 0.6 is 0 Å². The van der Waals surface area contributed by atoms with Crippen molar-refractivity contribution in [3.8, 4) is 0 Å². The van der Waals surface area contributed by atoms with Gasteiger partial charge in [-0.05, 0) is 26.2 Å². The van der Waals surface area contributed by atoms with Crippen LogP contribution in [0.25, 0.3) is 0 Å². The summed E-state index contributed by atoms with van der Waals surface area (Å²) < 4.78 is 4.96. The lowest BCUT2D eigenvalue weighted by Gasteiger charge is -2.34. The standard InChI is InChI=1S/C15H30N2O3/c1-13(18)11-17(14-7-4-3-5-8-14)12-15(19)16-9-6-10-20-2/h13-14,18H,3-12H2,1-2H3,(H,16,19). The van der Waals surface area contributed by atoms with Gasteiger partial charge < -0.3 is 15.2 Å². The van der Waals surface area contributed by atoms with E-state index in [1.54, 1.807) is 14.0 Å². The number of ether oxygens (including phenoxy) is 1. The van der Waals surface area contributed by atoms with E-state index in [1.165, 1.54) is 19.3 Å². The molecule has 1 aliphatic carbocycles. The maximum Gasteiger partial charge on any atom is 0.234 e. The molecule has 1 rings (SSSR count). The monoisotopic (exact) mass is 286 g/mol. The highest BCUT2D eigenvalue weighted by Crippen LogP contribution is 2.22. The van der Waals surface area contributed by atoms with Crippen LogP contribution in [0.3, 0.4) is 0 Å². The minimum atomic E-state index is -0.391. The molecule has 0 heterocycles. The van der Waals surface area contributed by atoms with Gasteiger partial charge in [-0.15, -0.1) is 0 Å². The fourth-order valence-electron chi connectivity index (χ4n) is 2.81. The number of aliphatic hydroxyl groups is 1. The number of nitrogens with one attached hydrogen (secondary N) is 1. The molecule has 0 radical (unpaired) electrons. The molecule has 1 aliphatic rings. The first-order valence-electron chi connectivity index (χ1n) is 7.81. The Labute approximate surface area is 122 Å². The van der Waals surface area contributed by atoms with Gasteiger partial charge in [0.05, 0.1) is 12.6 Å². The first-order chi connectivity index (χ1) is 9.63. The second-order valence-electron chi connectivity index (χ2n) is 5.77. The van der Waals surface area contributed by atoms with Gasteiger partial charge in [-0.25, -0.2) is 0 Å². The van der Waals surface area contributed by atoms with E-state index >= 15 is 0 Å². The smallest absolute Gasteiger partial charge is 0.234 e. The lowest BCUT2D eigenvalue weighted by Crippen LogP contribution is -2.46. The molecule has 1 unspecified atom stereocenters. The van der Waals surface area contributed by atoms with Crippen LogP contribution in [0.1, 0.15) is 45.4 Å². The molecule has 0 aromatic carbocycles. The van der Waals surface area contributed by atoms with Gasteiger partial charge in [0, 0.05) is 32.8 Å². The number of methoxy groups -OCH3 is 1. The summed E-state index contributed by atoms with van der Waals surface area (Å²) in [6.07, 6.45) is 6.49. The van der Waals surface area contributed by atoms with Crippen molar-refractivity contribution in [2.24, 2.45) is 0 Å². The van der Waals surface area contributed by atoms with Gasteiger partial charge >= 0.3 is 0 Å². The Morgan fingerprint density at radius 3 is 2.70 bits per heavy atom. The number of rotatable bonds is 9. The Kier molecular flexibility index (Phi) is 8.82. The highest BCUT2D eigenvalue weighted by atomic mass is 16.5. The summed E-state index contributed by atoms with van der Waals surface area (Å²) in [5, 5.41) is 12.5. The molecule has 118 valence electrons. The lowest BCUT2D eigenvalue weighted by atomic mass is 9.94. The molecule has 1 atom stereocenters. The van der Waals surface area contributed by atoms with Crippen LogP contribution < -0.4 is 5.32 Å². The summed E-state index contributed by atoms with van der Waals surface area (Å²) in [5.74, 6) is 0.0485. The summed E-state index contributed by atoms with van der Waals surface area (Å²) in [4.78, 5) is 14.1. The SMILES string of the molecule is COCCCNC(=O)CN(CC(C)O)C1CCCCC1. The maximum atomic E-state index is 12.0. The lowest BCUT2D eigenvalue weighted by molar-refractivity contribution is -0.123. The summed E-state index contributed by atoms with van der Waals surface area (Å²) >= 11 is 0. The van der Waals surface area contributed by atoms with Crippen LogP contribution in [0.5, 0.6) is 0 Å². The predicted molar refractivity (Wildman–Crippen MR) is 79.6 cm³/mol. The molecule has 1 fully saturated rings. The first kappa shape index (κ1) is 17.4. The van der Waals surface area contributed by atoms with Gasteiger partial charge in [-0.1, -0.05) is 19.3 Å².